The van der Waals surface area contributed by atoms with E-state index >= 15 is 0 Å². The molecule has 0 radical (unpaired) electrons. The van der Waals surface area contributed by atoms with Gasteiger partial charge in [0.25, 0.3) is 0 Å². The van der Waals surface area contributed by atoms with Crippen molar-refractivity contribution < 1.29 is 13.2 Å². The summed E-state index contributed by atoms with van der Waals surface area (Å²) in [4.78, 5) is 4.08. The molecule has 0 saturated carbocycles. The maximum atomic E-state index is 11.4. The Morgan fingerprint density at radius 3 is 2.29 bits per heavy atom. The van der Waals surface area contributed by atoms with Gasteiger partial charge < -0.3 is 15.4 Å². The molecule has 0 aliphatic carbocycles. The van der Waals surface area contributed by atoms with Crippen molar-refractivity contribution in [2.75, 3.05) is 38.2 Å². The van der Waals surface area contributed by atoms with Crippen LogP contribution in [-0.2, 0) is 14.6 Å². The highest BCUT2D eigenvalue weighted by Crippen LogP contribution is 2.09. The number of nitrogens with zero attached hydrogens (tertiary/aromatic N) is 1. The van der Waals surface area contributed by atoms with E-state index in [2.05, 4.69) is 29.5 Å². The molecule has 0 aliphatic heterocycles. The van der Waals surface area contributed by atoms with Gasteiger partial charge in [-0.25, -0.2) is 8.42 Å². The summed E-state index contributed by atoms with van der Waals surface area (Å²) in [6, 6.07) is 0. The molecule has 0 aromatic rings. The Balaban J connectivity index is 4.06. The first kappa shape index (κ1) is 20.2. The summed E-state index contributed by atoms with van der Waals surface area (Å²) in [7, 11) is -1.27. The normalized spacial score (nSPS) is 14.3. The van der Waals surface area contributed by atoms with E-state index in [0.29, 0.717) is 25.0 Å². The molecule has 0 aromatic heterocycles. The maximum absolute atomic E-state index is 11.4. The molecule has 0 bridgehead atoms. The maximum Gasteiger partial charge on any atom is 0.191 e. The van der Waals surface area contributed by atoms with Crippen LogP contribution in [0.25, 0.3) is 0 Å². The fourth-order valence-corrected chi connectivity index (χ4v) is 2.55. The van der Waals surface area contributed by atoms with Crippen LogP contribution in [0.15, 0.2) is 4.99 Å². The van der Waals surface area contributed by atoms with Gasteiger partial charge in [-0.1, -0.05) is 20.8 Å². The molecule has 0 aliphatic rings. The monoisotopic (exact) mass is 321 g/mol. The van der Waals surface area contributed by atoms with Gasteiger partial charge in [0.15, 0.2) is 15.8 Å². The number of rotatable bonds is 10. The fourth-order valence-electron chi connectivity index (χ4n) is 1.85. The van der Waals surface area contributed by atoms with E-state index in [-0.39, 0.29) is 17.6 Å². The predicted octanol–water partition coefficient (Wildman–Crippen LogP) is 1.04. The Hall–Kier alpha value is -0.820. The van der Waals surface area contributed by atoms with Crippen LogP contribution in [0.3, 0.4) is 0 Å². The van der Waals surface area contributed by atoms with Gasteiger partial charge in [-0.05, 0) is 19.3 Å². The Labute approximate surface area is 129 Å². The summed E-state index contributed by atoms with van der Waals surface area (Å²) in [6.45, 7) is 9.76. The number of aliphatic imine (C=N–C) groups is 1. The van der Waals surface area contributed by atoms with Crippen LogP contribution in [0.4, 0.5) is 0 Å². The van der Waals surface area contributed by atoms with Gasteiger partial charge >= 0.3 is 0 Å². The molecule has 0 saturated heterocycles. The van der Waals surface area contributed by atoms with Gasteiger partial charge in [0.2, 0.25) is 0 Å². The van der Waals surface area contributed by atoms with E-state index in [1.54, 1.807) is 14.0 Å². The summed E-state index contributed by atoms with van der Waals surface area (Å²) in [5.41, 5.74) is 0. The lowest BCUT2D eigenvalue weighted by Crippen LogP contribution is -2.41. The standard InChI is InChI=1S/C14H31N3O3S/c1-6-20-13(12(3)4)8-9-16-14(15-5)17-10-11-21(18,19)7-2/h12-13H,6-11H2,1-5H3,(H2,15,16,17). The molecule has 0 aromatic carbocycles. The van der Waals surface area contributed by atoms with E-state index in [4.69, 9.17) is 4.74 Å². The number of ether oxygens (including phenoxy) is 1. The summed E-state index contributed by atoms with van der Waals surface area (Å²) < 4.78 is 28.5. The van der Waals surface area contributed by atoms with E-state index in [0.717, 1.165) is 13.0 Å². The fraction of sp³-hybridized carbons (Fsp3) is 0.929. The van der Waals surface area contributed by atoms with Crippen molar-refractivity contribution in [2.45, 2.75) is 40.2 Å². The van der Waals surface area contributed by atoms with Crippen LogP contribution in [0, 0.1) is 5.92 Å². The first-order valence-corrected chi connectivity index (χ1v) is 9.44. The first-order valence-electron chi connectivity index (χ1n) is 7.62. The molecule has 0 heterocycles. The summed E-state index contributed by atoms with van der Waals surface area (Å²) in [5, 5.41) is 6.20. The zero-order valence-electron chi connectivity index (χ0n) is 14.0. The molecule has 1 unspecified atom stereocenters. The molecule has 6 nitrogen and oxygen atoms in total. The Morgan fingerprint density at radius 1 is 1.19 bits per heavy atom. The van der Waals surface area contributed by atoms with Crippen molar-refractivity contribution in [3.8, 4) is 0 Å². The molecule has 0 spiro atoms. The van der Waals surface area contributed by atoms with Gasteiger partial charge in [-0.15, -0.1) is 0 Å². The second-order valence-corrected chi connectivity index (χ2v) is 7.66. The average molecular weight is 321 g/mol. The Morgan fingerprint density at radius 2 is 1.81 bits per heavy atom. The van der Waals surface area contributed by atoms with Crippen LogP contribution in [0.5, 0.6) is 0 Å². The molecule has 0 fully saturated rings. The van der Waals surface area contributed by atoms with Gasteiger partial charge in [-0.2, -0.15) is 0 Å². The van der Waals surface area contributed by atoms with Gasteiger partial charge in [0.05, 0.1) is 11.9 Å². The van der Waals surface area contributed by atoms with E-state index in [9.17, 15) is 8.42 Å². The molecule has 126 valence electrons. The van der Waals surface area contributed by atoms with Crippen molar-refractivity contribution in [1.29, 1.82) is 0 Å². The van der Waals surface area contributed by atoms with E-state index in [1.165, 1.54) is 0 Å². The lowest BCUT2D eigenvalue weighted by atomic mass is 10.0. The molecule has 7 heteroatoms. The topological polar surface area (TPSA) is 79.8 Å². The Bertz CT molecular complexity index is 394. The molecule has 2 N–H and O–H groups in total. The average Bonchev–Trinajstić information content (AvgIpc) is 2.44. The zero-order valence-corrected chi connectivity index (χ0v) is 14.8. The minimum absolute atomic E-state index is 0.123. The van der Waals surface area contributed by atoms with Crippen LogP contribution in [0.2, 0.25) is 0 Å². The number of hydrogen-bond donors (Lipinski definition) is 2. The summed E-state index contributed by atoms with van der Waals surface area (Å²) in [6.07, 6.45) is 1.11. The molecule has 21 heavy (non-hydrogen) atoms. The SMILES string of the molecule is CCOC(CCNC(=NC)NCCS(=O)(=O)CC)C(C)C. The van der Waals surface area contributed by atoms with Gasteiger partial charge in [-0.3, -0.25) is 4.99 Å². The minimum atomic E-state index is -2.94. The molecular weight excluding hydrogens is 290 g/mol. The quantitative estimate of drug-likeness (QED) is 0.464. The minimum Gasteiger partial charge on any atom is -0.378 e. The third-order valence-electron chi connectivity index (χ3n) is 3.21. The predicted molar refractivity (Wildman–Crippen MR) is 88.6 cm³/mol. The number of guanidine groups is 1. The molecule has 1 atom stereocenters. The van der Waals surface area contributed by atoms with Gasteiger partial charge in [0.1, 0.15) is 0 Å². The van der Waals surface area contributed by atoms with Crippen molar-refractivity contribution in [3.63, 3.8) is 0 Å². The third kappa shape index (κ3) is 9.68. The third-order valence-corrected chi connectivity index (χ3v) is 4.92. The number of hydrogen-bond acceptors (Lipinski definition) is 4. The molecule has 0 rings (SSSR count). The highest BCUT2D eigenvalue weighted by Gasteiger charge is 2.13. The number of sulfone groups is 1. The lowest BCUT2D eigenvalue weighted by molar-refractivity contribution is 0.0258. The first-order chi connectivity index (χ1) is 9.86. The highest BCUT2D eigenvalue weighted by molar-refractivity contribution is 7.91. The van der Waals surface area contributed by atoms with Crippen LogP contribution in [0.1, 0.15) is 34.1 Å². The van der Waals surface area contributed by atoms with Crippen molar-refractivity contribution in [2.24, 2.45) is 10.9 Å². The van der Waals surface area contributed by atoms with Crippen LogP contribution >= 0.6 is 0 Å². The van der Waals surface area contributed by atoms with Crippen LogP contribution < -0.4 is 10.6 Å². The largest absolute Gasteiger partial charge is 0.378 e. The Kier molecular flexibility index (Phi) is 10.4. The van der Waals surface area contributed by atoms with Crippen LogP contribution in [-0.4, -0.2) is 58.7 Å². The van der Waals surface area contributed by atoms with Crippen molar-refractivity contribution >= 4 is 15.8 Å². The summed E-state index contributed by atoms with van der Waals surface area (Å²) >= 11 is 0. The summed E-state index contributed by atoms with van der Waals surface area (Å²) in [5.74, 6) is 1.39. The zero-order chi connectivity index (χ0) is 16.3. The highest BCUT2D eigenvalue weighted by atomic mass is 32.2. The second kappa shape index (κ2) is 10.8. The van der Waals surface area contributed by atoms with E-state index in [1.807, 2.05) is 6.92 Å². The van der Waals surface area contributed by atoms with Crippen molar-refractivity contribution in [1.82, 2.24) is 10.6 Å². The van der Waals surface area contributed by atoms with Gasteiger partial charge in [0, 0.05) is 32.5 Å². The molecule has 0 amide bonds. The lowest BCUT2D eigenvalue weighted by Gasteiger charge is -2.21. The van der Waals surface area contributed by atoms with Crippen molar-refractivity contribution in [3.05, 3.63) is 0 Å². The molecular formula is C14H31N3O3S. The van der Waals surface area contributed by atoms with E-state index < -0.39 is 9.84 Å². The smallest absolute Gasteiger partial charge is 0.191 e. The number of nitrogens with one attached hydrogen (secondary N) is 2. The second-order valence-electron chi connectivity index (χ2n) is 5.19.